The van der Waals surface area contributed by atoms with E-state index in [0.29, 0.717) is 22.2 Å². The molecule has 8 heteroatoms. The van der Waals surface area contributed by atoms with Gasteiger partial charge in [-0.2, -0.15) is 0 Å². The molecule has 7 nitrogen and oxygen atoms in total. The number of hydrogen-bond donors (Lipinski definition) is 2. The number of thioether (sulfide) groups is 1. The minimum absolute atomic E-state index is 0.0549. The standard InChI is InChI=1S/C24H23N5O2S/c1-13-4-9-19-20(10-13)28-22(27-19)16-5-7-17(8-6-16)26-21(30)11-18-12-32-24-25-15(3)14(2)23(31)29(18)24/h4-10,18H,11-12H2,1-3H3,(H,26,30)(H,27,28). The zero-order valence-corrected chi connectivity index (χ0v) is 18.9. The maximum atomic E-state index is 12.7. The summed E-state index contributed by atoms with van der Waals surface area (Å²) in [6, 6.07) is 13.5. The van der Waals surface area contributed by atoms with E-state index in [2.05, 4.69) is 33.3 Å². The molecule has 1 atom stereocenters. The molecule has 5 rings (SSSR count). The van der Waals surface area contributed by atoms with E-state index >= 15 is 0 Å². The van der Waals surface area contributed by atoms with Crippen molar-refractivity contribution in [2.45, 2.75) is 38.4 Å². The van der Waals surface area contributed by atoms with Crippen molar-refractivity contribution in [2.75, 3.05) is 11.1 Å². The van der Waals surface area contributed by atoms with Crippen molar-refractivity contribution in [3.63, 3.8) is 0 Å². The molecule has 2 N–H and O–H groups in total. The van der Waals surface area contributed by atoms with Crippen LogP contribution in [0.2, 0.25) is 0 Å². The van der Waals surface area contributed by atoms with Gasteiger partial charge in [-0.05, 0) is 62.7 Å². The number of hydrogen-bond acceptors (Lipinski definition) is 5. The molecule has 0 aliphatic carbocycles. The summed E-state index contributed by atoms with van der Waals surface area (Å²) >= 11 is 1.52. The van der Waals surface area contributed by atoms with Gasteiger partial charge >= 0.3 is 0 Å². The van der Waals surface area contributed by atoms with Crippen LogP contribution in [0, 0.1) is 20.8 Å². The molecule has 32 heavy (non-hydrogen) atoms. The molecule has 162 valence electrons. The van der Waals surface area contributed by atoms with E-state index in [1.165, 1.54) is 17.3 Å². The summed E-state index contributed by atoms with van der Waals surface area (Å²) in [5.41, 5.74) is 6.09. The monoisotopic (exact) mass is 445 g/mol. The highest BCUT2D eigenvalue weighted by Gasteiger charge is 2.28. The topological polar surface area (TPSA) is 92.7 Å². The van der Waals surface area contributed by atoms with Crippen molar-refractivity contribution >= 4 is 34.4 Å². The van der Waals surface area contributed by atoms with Crippen molar-refractivity contribution < 1.29 is 4.79 Å². The quantitative estimate of drug-likeness (QED) is 0.455. The number of aryl methyl sites for hydroxylation is 2. The van der Waals surface area contributed by atoms with E-state index < -0.39 is 0 Å². The van der Waals surface area contributed by atoms with Gasteiger partial charge in [0.25, 0.3) is 5.56 Å². The maximum absolute atomic E-state index is 12.7. The fourth-order valence-electron chi connectivity index (χ4n) is 3.92. The Labute approximate surface area is 189 Å². The van der Waals surface area contributed by atoms with Gasteiger partial charge in [0.2, 0.25) is 5.91 Å². The van der Waals surface area contributed by atoms with Crippen LogP contribution in [-0.2, 0) is 4.79 Å². The van der Waals surface area contributed by atoms with Gasteiger partial charge in [-0.1, -0.05) is 17.8 Å². The summed E-state index contributed by atoms with van der Waals surface area (Å²) in [6.07, 6.45) is 0.231. The molecule has 0 saturated heterocycles. The van der Waals surface area contributed by atoms with E-state index in [4.69, 9.17) is 0 Å². The number of anilines is 1. The molecule has 1 unspecified atom stereocenters. The van der Waals surface area contributed by atoms with Crippen LogP contribution in [0.3, 0.4) is 0 Å². The van der Waals surface area contributed by atoms with E-state index in [-0.39, 0.29) is 23.9 Å². The number of H-pyrrole nitrogens is 1. The molecule has 0 bridgehead atoms. The highest BCUT2D eigenvalue weighted by atomic mass is 32.2. The molecule has 3 heterocycles. The van der Waals surface area contributed by atoms with Crippen molar-refractivity contribution in [3.8, 4) is 11.4 Å². The summed E-state index contributed by atoms with van der Waals surface area (Å²) in [4.78, 5) is 37.8. The molecule has 4 aromatic rings. The normalized spacial score (nSPS) is 15.2. The number of carbonyl (C=O) groups is 1. The zero-order valence-electron chi connectivity index (χ0n) is 18.1. The van der Waals surface area contributed by atoms with Crippen molar-refractivity contribution in [2.24, 2.45) is 0 Å². The summed E-state index contributed by atoms with van der Waals surface area (Å²) in [6.45, 7) is 5.67. The smallest absolute Gasteiger partial charge is 0.257 e. The molecule has 2 aromatic carbocycles. The average Bonchev–Trinajstić information content (AvgIpc) is 3.36. The third kappa shape index (κ3) is 3.71. The van der Waals surface area contributed by atoms with Crippen LogP contribution in [0.25, 0.3) is 22.4 Å². The molecule has 0 radical (unpaired) electrons. The minimum Gasteiger partial charge on any atom is -0.338 e. The van der Waals surface area contributed by atoms with E-state index in [9.17, 15) is 9.59 Å². The summed E-state index contributed by atoms with van der Waals surface area (Å²) in [5, 5.41) is 3.64. The Kier molecular flexibility index (Phi) is 5.09. The van der Waals surface area contributed by atoms with Gasteiger partial charge in [0.05, 0.1) is 17.1 Å². The number of aromatic amines is 1. The molecule has 0 fully saturated rings. The SMILES string of the molecule is Cc1ccc2nc(-c3ccc(NC(=O)CC4CSc5nc(C)c(C)c(=O)n54)cc3)[nH]c2c1. The van der Waals surface area contributed by atoms with E-state index in [0.717, 1.165) is 28.1 Å². The lowest BCUT2D eigenvalue weighted by Crippen LogP contribution is -2.29. The summed E-state index contributed by atoms with van der Waals surface area (Å²) < 4.78 is 1.67. The first kappa shape index (κ1) is 20.5. The summed E-state index contributed by atoms with van der Waals surface area (Å²) in [7, 11) is 0. The number of imidazole rings is 1. The maximum Gasteiger partial charge on any atom is 0.257 e. The molecule has 0 spiro atoms. The predicted octanol–water partition coefficient (Wildman–Crippen LogP) is 4.39. The van der Waals surface area contributed by atoms with Crippen LogP contribution >= 0.6 is 11.8 Å². The number of carbonyl (C=O) groups excluding carboxylic acids is 1. The van der Waals surface area contributed by atoms with Crippen molar-refractivity contribution in [1.29, 1.82) is 0 Å². The zero-order chi connectivity index (χ0) is 22.4. The first-order valence-electron chi connectivity index (χ1n) is 10.5. The number of fused-ring (bicyclic) bond motifs is 2. The Balaban J connectivity index is 1.29. The Bertz CT molecular complexity index is 1400. The average molecular weight is 446 g/mol. The van der Waals surface area contributed by atoms with Gasteiger partial charge in [0.15, 0.2) is 5.16 Å². The Morgan fingerprint density at radius 3 is 2.72 bits per heavy atom. The van der Waals surface area contributed by atoms with Gasteiger partial charge in [-0.3, -0.25) is 14.2 Å². The Hall–Kier alpha value is -3.39. The van der Waals surface area contributed by atoms with Crippen LogP contribution in [0.4, 0.5) is 5.69 Å². The van der Waals surface area contributed by atoms with Gasteiger partial charge in [0.1, 0.15) is 5.82 Å². The fourth-order valence-corrected chi connectivity index (χ4v) is 5.10. The highest BCUT2D eigenvalue weighted by molar-refractivity contribution is 7.99. The first-order chi connectivity index (χ1) is 15.4. The number of aromatic nitrogens is 4. The Morgan fingerprint density at radius 1 is 1.16 bits per heavy atom. The lowest BCUT2D eigenvalue weighted by atomic mass is 10.1. The predicted molar refractivity (Wildman–Crippen MR) is 127 cm³/mol. The first-order valence-corrected chi connectivity index (χ1v) is 11.5. The molecule has 2 aromatic heterocycles. The number of nitrogens with one attached hydrogen (secondary N) is 2. The second-order valence-corrected chi connectivity index (χ2v) is 9.17. The van der Waals surface area contributed by atoms with Gasteiger partial charge < -0.3 is 10.3 Å². The lowest BCUT2D eigenvalue weighted by Gasteiger charge is -2.14. The minimum atomic E-state index is -0.187. The third-order valence-corrected chi connectivity index (χ3v) is 6.92. The Morgan fingerprint density at radius 2 is 1.94 bits per heavy atom. The summed E-state index contributed by atoms with van der Waals surface area (Å²) in [5.74, 6) is 1.34. The highest BCUT2D eigenvalue weighted by Crippen LogP contribution is 2.32. The number of amides is 1. The van der Waals surface area contributed by atoms with Crippen molar-refractivity contribution in [3.05, 3.63) is 69.6 Å². The fraction of sp³-hybridized carbons (Fsp3) is 0.250. The lowest BCUT2D eigenvalue weighted by molar-refractivity contribution is -0.116. The second-order valence-electron chi connectivity index (χ2n) is 8.18. The molecule has 0 saturated carbocycles. The second kappa shape index (κ2) is 7.94. The molecule has 1 amide bonds. The van der Waals surface area contributed by atoms with E-state index in [1.807, 2.05) is 43.3 Å². The third-order valence-electron chi connectivity index (χ3n) is 5.82. The molecular formula is C24H23N5O2S. The van der Waals surface area contributed by atoms with Gasteiger partial charge in [-0.25, -0.2) is 9.97 Å². The van der Waals surface area contributed by atoms with E-state index in [1.54, 1.807) is 11.5 Å². The van der Waals surface area contributed by atoms with Crippen LogP contribution in [0.15, 0.2) is 52.4 Å². The van der Waals surface area contributed by atoms with Crippen LogP contribution in [0.1, 0.15) is 29.3 Å². The van der Waals surface area contributed by atoms with Crippen molar-refractivity contribution in [1.82, 2.24) is 19.5 Å². The molecular weight excluding hydrogens is 422 g/mol. The largest absolute Gasteiger partial charge is 0.338 e. The number of nitrogens with zero attached hydrogens (tertiary/aromatic N) is 3. The number of rotatable bonds is 4. The van der Waals surface area contributed by atoms with Gasteiger partial charge in [0, 0.05) is 34.7 Å². The molecule has 1 aliphatic rings. The van der Waals surface area contributed by atoms with Gasteiger partial charge in [-0.15, -0.1) is 0 Å². The van der Waals surface area contributed by atoms with Crippen LogP contribution in [0.5, 0.6) is 0 Å². The van der Waals surface area contributed by atoms with Crippen LogP contribution in [-0.4, -0.2) is 31.2 Å². The molecule has 1 aliphatic heterocycles. The van der Waals surface area contributed by atoms with Crippen LogP contribution < -0.4 is 10.9 Å². The number of benzene rings is 2.